The van der Waals surface area contributed by atoms with E-state index < -0.39 is 0 Å². The van der Waals surface area contributed by atoms with Crippen LogP contribution in [0.25, 0.3) is 0 Å². The van der Waals surface area contributed by atoms with E-state index in [9.17, 15) is 0 Å². The molecule has 5 heteroatoms. The molecule has 0 atom stereocenters. The first-order chi connectivity index (χ1) is 7.63. The quantitative estimate of drug-likeness (QED) is 0.825. The van der Waals surface area contributed by atoms with Gasteiger partial charge in [-0.1, -0.05) is 18.5 Å². The minimum Gasteiger partial charge on any atom is -0.329 e. The Morgan fingerprint density at radius 3 is 2.62 bits per heavy atom. The lowest BCUT2D eigenvalue weighted by Gasteiger charge is -2.16. The van der Waals surface area contributed by atoms with Crippen molar-refractivity contribution < 1.29 is 0 Å². The zero-order valence-corrected chi connectivity index (χ0v) is 11.1. The summed E-state index contributed by atoms with van der Waals surface area (Å²) >= 11 is 6.31. The second-order valence-electron chi connectivity index (χ2n) is 3.90. The Labute approximate surface area is 102 Å². The summed E-state index contributed by atoms with van der Waals surface area (Å²) in [6, 6.07) is 0. The highest BCUT2D eigenvalue weighted by Crippen LogP contribution is 2.22. The van der Waals surface area contributed by atoms with Crippen molar-refractivity contribution in [1.82, 2.24) is 14.7 Å². The molecule has 0 saturated heterocycles. The second-order valence-corrected chi connectivity index (χ2v) is 4.28. The van der Waals surface area contributed by atoms with Crippen LogP contribution in [0.4, 0.5) is 0 Å². The van der Waals surface area contributed by atoms with E-state index in [0.717, 1.165) is 42.5 Å². The van der Waals surface area contributed by atoms with Crippen LogP contribution in [0.3, 0.4) is 0 Å². The highest BCUT2D eigenvalue weighted by Gasteiger charge is 2.15. The maximum atomic E-state index is 6.31. The first-order valence-electron chi connectivity index (χ1n) is 5.76. The van der Waals surface area contributed by atoms with Crippen molar-refractivity contribution in [3.63, 3.8) is 0 Å². The standard InChI is InChI=1S/C11H21ClN4/c1-4-9-11(12)10(16(5-2)14-9)8-15(3)7-6-13/h4-8,13H2,1-3H3. The summed E-state index contributed by atoms with van der Waals surface area (Å²) in [5.41, 5.74) is 7.61. The molecule has 0 saturated carbocycles. The molecule has 0 fully saturated rings. The van der Waals surface area contributed by atoms with Gasteiger partial charge in [-0.15, -0.1) is 0 Å². The molecule has 2 N–H and O–H groups in total. The van der Waals surface area contributed by atoms with Crippen molar-refractivity contribution in [2.45, 2.75) is 33.4 Å². The molecule has 92 valence electrons. The number of hydrogen-bond acceptors (Lipinski definition) is 3. The maximum absolute atomic E-state index is 6.31. The number of nitrogens with zero attached hydrogens (tertiary/aromatic N) is 3. The van der Waals surface area contributed by atoms with Crippen LogP contribution in [-0.4, -0.2) is 34.8 Å². The normalized spacial score (nSPS) is 11.4. The molecule has 0 amide bonds. The summed E-state index contributed by atoms with van der Waals surface area (Å²) in [6.45, 7) is 7.33. The fraction of sp³-hybridized carbons (Fsp3) is 0.727. The summed E-state index contributed by atoms with van der Waals surface area (Å²) in [5, 5.41) is 5.30. The van der Waals surface area contributed by atoms with Crippen LogP contribution in [0.2, 0.25) is 5.02 Å². The lowest BCUT2D eigenvalue weighted by atomic mass is 10.3. The summed E-state index contributed by atoms with van der Waals surface area (Å²) in [5.74, 6) is 0. The smallest absolute Gasteiger partial charge is 0.0863 e. The number of hydrogen-bond donors (Lipinski definition) is 1. The van der Waals surface area contributed by atoms with Gasteiger partial charge in [-0.05, 0) is 20.4 Å². The van der Waals surface area contributed by atoms with Crippen molar-refractivity contribution in [2.75, 3.05) is 20.1 Å². The van der Waals surface area contributed by atoms with Gasteiger partial charge >= 0.3 is 0 Å². The van der Waals surface area contributed by atoms with Crippen LogP contribution in [-0.2, 0) is 19.5 Å². The van der Waals surface area contributed by atoms with Crippen molar-refractivity contribution in [1.29, 1.82) is 0 Å². The number of aromatic nitrogens is 2. The molecule has 1 heterocycles. The Balaban J connectivity index is 2.88. The Kier molecular flexibility index (Phi) is 5.25. The van der Waals surface area contributed by atoms with E-state index in [-0.39, 0.29) is 0 Å². The van der Waals surface area contributed by atoms with Crippen LogP contribution in [0.1, 0.15) is 25.2 Å². The summed E-state index contributed by atoms with van der Waals surface area (Å²) in [7, 11) is 2.04. The number of likely N-dealkylation sites (N-methyl/N-ethyl adjacent to an activating group) is 1. The molecule has 0 spiro atoms. The maximum Gasteiger partial charge on any atom is 0.0863 e. The van der Waals surface area contributed by atoms with Crippen LogP contribution in [0.15, 0.2) is 0 Å². The molecule has 4 nitrogen and oxygen atoms in total. The summed E-state index contributed by atoms with van der Waals surface area (Å²) in [4.78, 5) is 2.16. The number of aryl methyl sites for hydroxylation is 2. The number of halogens is 1. The monoisotopic (exact) mass is 244 g/mol. The van der Waals surface area contributed by atoms with Crippen molar-refractivity contribution in [3.05, 3.63) is 16.4 Å². The van der Waals surface area contributed by atoms with Gasteiger partial charge in [0.15, 0.2) is 0 Å². The van der Waals surface area contributed by atoms with Gasteiger partial charge in [0.2, 0.25) is 0 Å². The van der Waals surface area contributed by atoms with Crippen molar-refractivity contribution in [2.24, 2.45) is 5.73 Å². The Morgan fingerprint density at radius 2 is 2.12 bits per heavy atom. The average molecular weight is 245 g/mol. The van der Waals surface area contributed by atoms with Gasteiger partial charge in [0, 0.05) is 26.2 Å². The zero-order valence-electron chi connectivity index (χ0n) is 10.3. The molecule has 1 rings (SSSR count). The van der Waals surface area contributed by atoms with Gasteiger partial charge in [0.25, 0.3) is 0 Å². The fourth-order valence-electron chi connectivity index (χ4n) is 1.72. The van der Waals surface area contributed by atoms with Gasteiger partial charge < -0.3 is 5.73 Å². The molecule has 1 aromatic heterocycles. The third-order valence-electron chi connectivity index (χ3n) is 2.62. The van der Waals surface area contributed by atoms with Crippen molar-refractivity contribution in [3.8, 4) is 0 Å². The largest absolute Gasteiger partial charge is 0.329 e. The molecule has 0 aliphatic rings. The van der Waals surface area contributed by atoms with E-state index in [1.165, 1.54) is 0 Å². The summed E-state index contributed by atoms with van der Waals surface area (Å²) in [6.07, 6.45) is 0.874. The Hall–Kier alpha value is -0.580. The predicted octanol–water partition coefficient (Wildman–Crippen LogP) is 1.51. The molecule has 16 heavy (non-hydrogen) atoms. The first kappa shape index (κ1) is 13.5. The van der Waals surface area contributed by atoms with Crippen LogP contribution < -0.4 is 5.73 Å². The third-order valence-corrected chi connectivity index (χ3v) is 3.06. The molecule has 0 bridgehead atoms. The average Bonchev–Trinajstić information content (AvgIpc) is 2.56. The zero-order chi connectivity index (χ0) is 12.1. The number of rotatable bonds is 6. The molecule has 0 radical (unpaired) electrons. The van der Waals surface area contributed by atoms with E-state index in [1.807, 2.05) is 11.7 Å². The highest BCUT2D eigenvalue weighted by molar-refractivity contribution is 6.31. The van der Waals surface area contributed by atoms with E-state index in [1.54, 1.807) is 0 Å². The van der Waals surface area contributed by atoms with Crippen LogP contribution in [0.5, 0.6) is 0 Å². The highest BCUT2D eigenvalue weighted by atomic mass is 35.5. The van der Waals surface area contributed by atoms with Gasteiger partial charge in [0.05, 0.1) is 16.4 Å². The third kappa shape index (κ3) is 2.97. The first-order valence-corrected chi connectivity index (χ1v) is 6.14. The molecular formula is C11H21ClN4. The second kappa shape index (κ2) is 6.23. The summed E-state index contributed by atoms with van der Waals surface area (Å²) < 4.78 is 1.98. The minimum atomic E-state index is 0.662. The van der Waals surface area contributed by atoms with Crippen LogP contribution in [0, 0.1) is 0 Å². The molecular weight excluding hydrogens is 224 g/mol. The molecule has 0 unspecified atom stereocenters. The van der Waals surface area contributed by atoms with Gasteiger partial charge in [-0.2, -0.15) is 5.10 Å². The predicted molar refractivity (Wildman–Crippen MR) is 67.7 cm³/mol. The van der Waals surface area contributed by atoms with Crippen LogP contribution >= 0.6 is 11.6 Å². The topological polar surface area (TPSA) is 47.1 Å². The van der Waals surface area contributed by atoms with Gasteiger partial charge in [0.1, 0.15) is 0 Å². The van der Waals surface area contributed by atoms with E-state index >= 15 is 0 Å². The van der Waals surface area contributed by atoms with Crippen molar-refractivity contribution >= 4 is 11.6 Å². The Morgan fingerprint density at radius 1 is 1.44 bits per heavy atom. The molecule has 0 aliphatic heterocycles. The van der Waals surface area contributed by atoms with E-state index in [0.29, 0.717) is 6.54 Å². The SMILES string of the molecule is CCc1nn(CC)c(CN(C)CCN)c1Cl. The molecule has 0 aromatic carbocycles. The fourth-order valence-corrected chi connectivity index (χ4v) is 2.05. The van der Waals surface area contributed by atoms with E-state index in [4.69, 9.17) is 17.3 Å². The minimum absolute atomic E-state index is 0.662. The lowest BCUT2D eigenvalue weighted by molar-refractivity contribution is 0.324. The van der Waals surface area contributed by atoms with E-state index in [2.05, 4.69) is 23.8 Å². The van der Waals surface area contributed by atoms with Gasteiger partial charge in [-0.3, -0.25) is 9.58 Å². The lowest BCUT2D eigenvalue weighted by Crippen LogP contribution is -2.26. The Bertz CT molecular complexity index is 335. The molecule has 1 aromatic rings. The van der Waals surface area contributed by atoms with Gasteiger partial charge in [-0.25, -0.2) is 0 Å². The number of nitrogens with two attached hydrogens (primary N) is 1. The molecule has 0 aliphatic carbocycles.